The van der Waals surface area contributed by atoms with Gasteiger partial charge >= 0.3 is 0 Å². The summed E-state index contributed by atoms with van der Waals surface area (Å²) in [7, 11) is 1.46. The summed E-state index contributed by atoms with van der Waals surface area (Å²) >= 11 is 0. The number of nitrogens with zero attached hydrogens (tertiary/aromatic N) is 1. The predicted octanol–water partition coefficient (Wildman–Crippen LogP) is 2.53. The van der Waals surface area contributed by atoms with Gasteiger partial charge < -0.3 is 4.74 Å². The van der Waals surface area contributed by atoms with Gasteiger partial charge in [-0.15, -0.1) is 0 Å². The average molecular weight is 243 g/mol. The molecular formula is C14H13NO3. The summed E-state index contributed by atoms with van der Waals surface area (Å²) in [5.74, 6) is -0.218. The minimum Gasteiger partial charge on any atom is -0.496 e. The predicted molar refractivity (Wildman–Crippen MR) is 69.5 cm³/mol. The van der Waals surface area contributed by atoms with Crippen molar-refractivity contribution in [2.75, 3.05) is 7.11 Å². The minimum atomic E-state index is -0.444. The molecule has 1 heterocycles. The van der Waals surface area contributed by atoms with Gasteiger partial charge in [0.25, 0.3) is 5.91 Å². The van der Waals surface area contributed by atoms with E-state index in [0.717, 1.165) is 11.1 Å². The number of benzene rings is 1. The van der Waals surface area contributed by atoms with Crippen molar-refractivity contribution >= 4 is 23.5 Å². The van der Waals surface area contributed by atoms with Crippen LogP contribution < -0.4 is 4.74 Å². The molecule has 0 radical (unpaired) electrons. The summed E-state index contributed by atoms with van der Waals surface area (Å²) in [5.41, 5.74) is 2.19. The highest BCUT2D eigenvalue weighted by atomic mass is 16.5. The molecule has 4 heteroatoms. The van der Waals surface area contributed by atoms with Crippen LogP contribution in [0.1, 0.15) is 39.6 Å². The van der Waals surface area contributed by atoms with Crippen molar-refractivity contribution in [3.8, 4) is 5.75 Å². The molecule has 92 valence electrons. The Balaban J connectivity index is 2.75. The number of hydrogen-bond donors (Lipinski definition) is 0. The lowest BCUT2D eigenvalue weighted by Gasteiger charge is -2.12. The van der Waals surface area contributed by atoms with Gasteiger partial charge in [-0.3, -0.25) is 9.59 Å². The Morgan fingerprint density at radius 2 is 2.11 bits per heavy atom. The van der Waals surface area contributed by atoms with Gasteiger partial charge in [0.2, 0.25) is 0 Å². The maximum atomic E-state index is 12.0. The van der Waals surface area contributed by atoms with Crippen LogP contribution in [0.25, 0.3) is 5.57 Å². The van der Waals surface area contributed by atoms with Crippen molar-refractivity contribution < 1.29 is 14.3 Å². The quantitative estimate of drug-likeness (QED) is 0.802. The number of methoxy groups -OCH3 is 1. The van der Waals surface area contributed by atoms with Crippen LogP contribution in [0.3, 0.4) is 0 Å². The molecule has 0 saturated carbocycles. The molecule has 0 spiro atoms. The second-order valence-corrected chi connectivity index (χ2v) is 4.13. The highest BCUT2D eigenvalue weighted by Crippen LogP contribution is 2.30. The van der Waals surface area contributed by atoms with Gasteiger partial charge in [-0.1, -0.05) is 12.2 Å². The van der Waals surface area contributed by atoms with E-state index in [-0.39, 0.29) is 17.8 Å². The van der Waals surface area contributed by atoms with Crippen LogP contribution in [-0.4, -0.2) is 25.0 Å². The van der Waals surface area contributed by atoms with Gasteiger partial charge in [-0.2, -0.15) is 0 Å². The van der Waals surface area contributed by atoms with Crippen molar-refractivity contribution in [2.24, 2.45) is 4.99 Å². The number of fused-ring (bicyclic) bond motifs is 1. The summed E-state index contributed by atoms with van der Waals surface area (Å²) in [5, 5.41) is 0. The molecular weight excluding hydrogens is 230 g/mol. The lowest BCUT2D eigenvalue weighted by atomic mass is 9.96. The van der Waals surface area contributed by atoms with E-state index >= 15 is 0 Å². The largest absolute Gasteiger partial charge is 0.496 e. The summed E-state index contributed by atoms with van der Waals surface area (Å²) in [4.78, 5) is 27.5. The summed E-state index contributed by atoms with van der Waals surface area (Å²) in [6.45, 7) is 5.67. The number of carbonyl (C=O) groups excluding carboxylic acids is 2. The zero-order valence-corrected chi connectivity index (χ0v) is 10.3. The third-order valence-corrected chi connectivity index (χ3v) is 2.81. The van der Waals surface area contributed by atoms with E-state index < -0.39 is 5.91 Å². The molecule has 1 aromatic carbocycles. The fraction of sp³-hybridized carbons (Fsp3) is 0.214. The number of Topliss-reactive ketones (excluding diaryl/α,β-unsaturated/α-hetero) is 1. The second kappa shape index (κ2) is 4.56. The number of amides is 1. The van der Waals surface area contributed by atoms with E-state index in [9.17, 15) is 9.59 Å². The first-order chi connectivity index (χ1) is 8.54. The smallest absolute Gasteiger partial charge is 0.281 e. The monoisotopic (exact) mass is 243 g/mol. The van der Waals surface area contributed by atoms with Crippen molar-refractivity contribution in [1.82, 2.24) is 0 Å². The Labute approximate surface area is 105 Å². The summed E-state index contributed by atoms with van der Waals surface area (Å²) in [6, 6.07) is 3.38. The van der Waals surface area contributed by atoms with Gasteiger partial charge in [-0.25, -0.2) is 4.99 Å². The molecule has 2 rings (SSSR count). The van der Waals surface area contributed by atoms with E-state index in [1.807, 2.05) is 6.92 Å². The molecule has 1 aromatic rings. The van der Waals surface area contributed by atoms with Gasteiger partial charge in [0, 0.05) is 18.2 Å². The molecule has 1 aliphatic rings. The van der Waals surface area contributed by atoms with Crippen LogP contribution in [-0.2, 0) is 0 Å². The zero-order chi connectivity index (χ0) is 13.3. The first-order valence-electron chi connectivity index (χ1n) is 5.52. The number of carbonyl (C=O) groups is 2. The van der Waals surface area contributed by atoms with Crippen molar-refractivity contribution in [3.63, 3.8) is 0 Å². The molecule has 1 aliphatic heterocycles. The van der Waals surface area contributed by atoms with E-state index in [1.54, 1.807) is 12.1 Å². The molecule has 0 N–H and O–H groups in total. The standard InChI is InChI=1S/C14H13NO3/c1-8(2)9-6-10-11(16)4-5-15-14(17)13(10)12(7-9)18-3/h5-7H,1,4H2,2-3H3. The topological polar surface area (TPSA) is 55.7 Å². The average Bonchev–Trinajstić information content (AvgIpc) is 2.49. The Bertz CT molecular complexity index is 585. The zero-order valence-electron chi connectivity index (χ0n) is 10.3. The van der Waals surface area contributed by atoms with Gasteiger partial charge in [0.05, 0.1) is 12.7 Å². The highest BCUT2D eigenvalue weighted by Gasteiger charge is 2.24. The molecule has 1 amide bonds. The Morgan fingerprint density at radius 1 is 1.39 bits per heavy atom. The highest BCUT2D eigenvalue weighted by molar-refractivity contribution is 6.17. The van der Waals surface area contributed by atoms with Crippen molar-refractivity contribution in [3.05, 3.63) is 35.4 Å². The van der Waals surface area contributed by atoms with E-state index in [1.165, 1.54) is 13.3 Å². The lowest BCUT2D eigenvalue weighted by Crippen LogP contribution is -2.08. The number of ether oxygens (including phenoxy) is 1. The van der Waals surface area contributed by atoms with Gasteiger partial charge in [-0.05, 0) is 24.6 Å². The Morgan fingerprint density at radius 3 is 2.72 bits per heavy atom. The van der Waals surface area contributed by atoms with E-state index in [0.29, 0.717) is 11.3 Å². The number of hydrogen-bond acceptors (Lipinski definition) is 3. The third-order valence-electron chi connectivity index (χ3n) is 2.81. The number of ketones is 1. The lowest BCUT2D eigenvalue weighted by molar-refractivity contribution is 0.0976. The normalized spacial score (nSPS) is 14.1. The van der Waals surface area contributed by atoms with E-state index in [2.05, 4.69) is 11.6 Å². The maximum Gasteiger partial charge on any atom is 0.281 e. The summed E-state index contributed by atoms with van der Waals surface area (Å²) in [6.07, 6.45) is 1.46. The second-order valence-electron chi connectivity index (χ2n) is 4.13. The van der Waals surface area contributed by atoms with Crippen LogP contribution in [0, 0.1) is 0 Å². The molecule has 0 aliphatic carbocycles. The summed E-state index contributed by atoms with van der Waals surface area (Å²) < 4.78 is 5.19. The van der Waals surface area contributed by atoms with Crippen LogP contribution >= 0.6 is 0 Å². The molecule has 0 atom stereocenters. The van der Waals surface area contributed by atoms with Crippen LogP contribution in [0.5, 0.6) is 5.75 Å². The van der Waals surface area contributed by atoms with Crippen molar-refractivity contribution in [2.45, 2.75) is 13.3 Å². The molecule has 0 bridgehead atoms. The van der Waals surface area contributed by atoms with Crippen molar-refractivity contribution in [1.29, 1.82) is 0 Å². The number of rotatable bonds is 2. The third kappa shape index (κ3) is 1.97. The molecule has 0 unspecified atom stereocenters. The van der Waals surface area contributed by atoms with Crippen LogP contribution in [0.2, 0.25) is 0 Å². The SMILES string of the molecule is C=C(C)c1cc(OC)c2c(c1)C(=O)CC=NC2=O. The Kier molecular flexibility index (Phi) is 3.10. The molecule has 4 nitrogen and oxygen atoms in total. The molecule has 18 heavy (non-hydrogen) atoms. The number of aliphatic imine (C=N–C) groups is 1. The van der Waals surface area contributed by atoms with Crippen LogP contribution in [0.15, 0.2) is 23.7 Å². The number of allylic oxidation sites excluding steroid dienone is 1. The first kappa shape index (κ1) is 12.2. The molecule has 0 aromatic heterocycles. The van der Waals surface area contributed by atoms with Gasteiger partial charge in [0.15, 0.2) is 5.78 Å². The van der Waals surface area contributed by atoms with Gasteiger partial charge in [0.1, 0.15) is 5.75 Å². The Hall–Kier alpha value is -2.23. The van der Waals surface area contributed by atoms with E-state index in [4.69, 9.17) is 4.74 Å². The fourth-order valence-electron chi connectivity index (χ4n) is 1.85. The fourth-order valence-corrected chi connectivity index (χ4v) is 1.85. The first-order valence-corrected chi connectivity index (χ1v) is 5.52. The minimum absolute atomic E-state index is 0.127. The molecule has 0 saturated heterocycles. The van der Waals surface area contributed by atoms with Crippen LogP contribution in [0.4, 0.5) is 0 Å². The molecule has 0 fully saturated rings. The maximum absolute atomic E-state index is 12.0.